The first-order valence-electron chi connectivity index (χ1n) is 8.70. The zero-order valence-electron chi connectivity index (χ0n) is 14.5. The van der Waals surface area contributed by atoms with Gasteiger partial charge >= 0.3 is 6.09 Å². The average Bonchev–Trinajstić information content (AvgIpc) is 3.01. The second-order valence-corrected chi connectivity index (χ2v) is 6.43. The zero-order chi connectivity index (χ0) is 18.8. The number of phenols is 1. The highest BCUT2D eigenvalue weighted by molar-refractivity contribution is 5.79. The summed E-state index contributed by atoms with van der Waals surface area (Å²) in [5.74, 6) is -1.20. The Morgan fingerprint density at radius 2 is 1.59 bits per heavy atom. The van der Waals surface area contributed by atoms with Crippen LogP contribution in [0.25, 0.3) is 11.1 Å². The van der Waals surface area contributed by atoms with Crippen LogP contribution in [0.3, 0.4) is 0 Å². The summed E-state index contributed by atoms with van der Waals surface area (Å²) in [6.45, 7) is 0.190. The number of carbonyl (C=O) groups is 1. The summed E-state index contributed by atoms with van der Waals surface area (Å²) in [7, 11) is 0. The van der Waals surface area contributed by atoms with Gasteiger partial charge in [-0.2, -0.15) is 0 Å². The minimum absolute atomic E-state index is 0.0136. The van der Waals surface area contributed by atoms with E-state index in [0.29, 0.717) is 5.56 Å². The van der Waals surface area contributed by atoms with Crippen LogP contribution in [0.2, 0.25) is 0 Å². The number of carbonyl (C=O) groups excluding carboxylic acids is 1. The van der Waals surface area contributed by atoms with Crippen LogP contribution in [0.4, 0.5) is 9.18 Å². The van der Waals surface area contributed by atoms with Crippen LogP contribution < -0.4 is 5.32 Å². The molecule has 5 heteroatoms. The minimum Gasteiger partial charge on any atom is -0.505 e. The number of benzene rings is 3. The fraction of sp³-hybridized carbons (Fsp3) is 0.136. The molecule has 0 fully saturated rings. The molecule has 3 aromatic rings. The van der Waals surface area contributed by atoms with Gasteiger partial charge in [-0.25, -0.2) is 9.18 Å². The topological polar surface area (TPSA) is 58.6 Å². The molecular formula is C22H18FNO3. The number of ether oxygens (including phenoxy) is 1. The lowest BCUT2D eigenvalue weighted by Gasteiger charge is -2.15. The molecule has 0 aliphatic heterocycles. The van der Waals surface area contributed by atoms with Gasteiger partial charge in [0.2, 0.25) is 0 Å². The maximum Gasteiger partial charge on any atom is 0.407 e. The monoisotopic (exact) mass is 363 g/mol. The van der Waals surface area contributed by atoms with Crippen LogP contribution in [0.15, 0.2) is 66.7 Å². The highest BCUT2D eigenvalue weighted by atomic mass is 19.1. The lowest BCUT2D eigenvalue weighted by molar-refractivity contribution is 0.142. The third kappa shape index (κ3) is 3.24. The Morgan fingerprint density at radius 3 is 2.26 bits per heavy atom. The Bertz CT molecular complexity index is 957. The number of hydrogen-bond donors (Lipinski definition) is 2. The smallest absolute Gasteiger partial charge is 0.407 e. The van der Waals surface area contributed by atoms with Crippen LogP contribution >= 0.6 is 0 Å². The first-order valence-corrected chi connectivity index (χ1v) is 8.70. The number of phenolic OH excluding ortho intramolecular Hbond substituents is 1. The van der Waals surface area contributed by atoms with Crippen LogP contribution in [0.1, 0.15) is 22.6 Å². The van der Waals surface area contributed by atoms with Crippen molar-refractivity contribution in [3.8, 4) is 16.9 Å². The van der Waals surface area contributed by atoms with Gasteiger partial charge in [-0.15, -0.1) is 0 Å². The van der Waals surface area contributed by atoms with Gasteiger partial charge in [0, 0.05) is 18.0 Å². The highest BCUT2D eigenvalue weighted by Crippen LogP contribution is 2.44. The van der Waals surface area contributed by atoms with Crippen molar-refractivity contribution in [1.29, 1.82) is 0 Å². The molecule has 1 aliphatic rings. The summed E-state index contributed by atoms with van der Waals surface area (Å²) >= 11 is 0. The van der Waals surface area contributed by atoms with Crippen molar-refractivity contribution in [3.05, 3.63) is 89.2 Å². The largest absolute Gasteiger partial charge is 0.505 e. The summed E-state index contributed by atoms with van der Waals surface area (Å²) < 4.78 is 18.7. The fourth-order valence-corrected chi connectivity index (χ4v) is 3.52. The second-order valence-electron chi connectivity index (χ2n) is 6.43. The summed E-state index contributed by atoms with van der Waals surface area (Å²) in [6.07, 6.45) is -0.611. The molecule has 4 rings (SSSR count). The van der Waals surface area contributed by atoms with Crippen LogP contribution in [0.5, 0.6) is 5.75 Å². The Morgan fingerprint density at radius 1 is 0.963 bits per heavy atom. The molecule has 136 valence electrons. The fourth-order valence-electron chi connectivity index (χ4n) is 3.52. The van der Waals surface area contributed by atoms with Crippen molar-refractivity contribution >= 4 is 6.09 Å². The van der Waals surface area contributed by atoms with E-state index in [2.05, 4.69) is 17.4 Å². The lowest BCUT2D eigenvalue weighted by Crippen LogP contribution is -2.25. The van der Waals surface area contributed by atoms with E-state index in [9.17, 15) is 14.3 Å². The normalized spacial score (nSPS) is 12.3. The SMILES string of the molecule is O=C(NCc1cccc(F)c1O)OCC1c2ccccc2-c2ccccc21. The van der Waals surface area contributed by atoms with E-state index in [1.807, 2.05) is 36.4 Å². The molecule has 0 heterocycles. The number of alkyl carbamates (subject to hydrolysis) is 1. The molecule has 0 saturated heterocycles. The maximum atomic E-state index is 13.3. The Labute approximate surface area is 156 Å². The molecule has 0 aromatic heterocycles. The number of rotatable bonds is 4. The number of fused-ring (bicyclic) bond motifs is 3. The molecule has 0 radical (unpaired) electrons. The van der Waals surface area contributed by atoms with Gasteiger partial charge in [-0.3, -0.25) is 0 Å². The Hall–Kier alpha value is -3.34. The number of aromatic hydroxyl groups is 1. The molecule has 3 aromatic carbocycles. The lowest BCUT2D eigenvalue weighted by atomic mass is 9.98. The Kier molecular flexibility index (Phi) is 4.50. The minimum atomic E-state index is -0.721. The average molecular weight is 363 g/mol. The van der Waals surface area contributed by atoms with Crippen LogP contribution in [-0.2, 0) is 11.3 Å². The quantitative estimate of drug-likeness (QED) is 0.714. The van der Waals surface area contributed by atoms with E-state index in [4.69, 9.17) is 4.74 Å². The molecule has 1 amide bonds. The summed E-state index contributed by atoms with van der Waals surface area (Å²) in [6, 6.07) is 20.4. The van der Waals surface area contributed by atoms with Crippen molar-refractivity contribution in [2.45, 2.75) is 12.5 Å². The van der Waals surface area contributed by atoms with Gasteiger partial charge in [0.1, 0.15) is 6.61 Å². The van der Waals surface area contributed by atoms with Crippen molar-refractivity contribution in [2.75, 3.05) is 6.61 Å². The van der Waals surface area contributed by atoms with Gasteiger partial charge in [-0.05, 0) is 28.3 Å². The number of para-hydroxylation sites is 1. The molecule has 27 heavy (non-hydrogen) atoms. The molecule has 0 saturated carbocycles. The molecule has 0 unspecified atom stereocenters. The predicted octanol–water partition coefficient (Wildman–Crippen LogP) is 4.57. The maximum absolute atomic E-state index is 13.3. The first kappa shape index (κ1) is 17.1. The standard InChI is InChI=1S/C22H18FNO3/c23-20-11-5-6-14(21(20)25)12-24-22(26)27-13-19-17-9-3-1-7-15(17)16-8-2-4-10-18(16)19/h1-11,19,25H,12-13H2,(H,24,26). The molecule has 4 nitrogen and oxygen atoms in total. The molecule has 0 spiro atoms. The van der Waals surface area contributed by atoms with Crippen LogP contribution in [0, 0.1) is 5.82 Å². The van der Waals surface area contributed by atoms with Crippen molar-refractivity contribution in [3.63, 3.8) is 0 Å². The van der Waals surface area contributed by atoms with E-state index < -0.39 is 17.7 Å². The number of amides is 1. The van der Waals surface area contributed by atoms with E-state index in [0.717, 1.165) is 28.3 Å². The van der Waals surface area contributed by atoms with Crippen molar-refractivity contribution in [1.82, 2.24) is 5.32 Å². The summed E-state index contributed by atoms with van der Waals surface area (Å²) in [4.78, 5) is 12.1. The van der Waals surface area contributed by atoms with E-state index in [1.165, 1.54) is 6.07 Å². The third-order valence-corrected chi connectivity index (χ3v) is 4.84. The number of halogens is 1. The summed E-state index contributed by atoms with van der Waals surface area (Å²) in [5, 5.41) is 12.2. The second kappa shape index (κ2) is 7.11. The van der Waals surface area contributed by atoms with Crippen LogP contribution in [-0.4, -0.2) is 17.8 Å². The first-order chi connectivity index (χ1) is 13.1. The molecule has 1 aliphatic carbocycles. The van der Waals surface area contributed by atoms with E-state index in [1.54, 1.807) is 6.07 Å². The van der Waals surface area contributed by atoms with E-state index in [-0.39, 0.29) is 19.1 Å². The molecule has 0 bridgehead atoms. The van der Waals surface area contributed by atoms with Gasteiger partial charge in [0.25, 0.3) is 0 Å². The summed E-state index contributed by atoms with van der Waals surface area (Å²) in [5.41, 5.74) is 4.88. The van der Waals surface area contributed by atoms with Crippen molar-refractivity contribution < 1.29 is 19.0 Å². The zero-order valence-corrected chi connectivity index (χ0v) is 14.5. The van der Waals surface area contributed by atoms with Gasteiger partial charge in [0.05, 0.1) is 0 Å². The Balaban J connectivity index is 1.43. The van der Waals surface area contributed by atoms with Gasteiger partial charge in [-0.1, -0.05) is 60.7 Å². The third-order valence-electron chi connectivity index (χ3n) is 4.84. The molecule has 0 atom stereocenters. The molecule has 2 N–H and O–H groups in total. The van der Waals surface area contributed by atoms with Gasteiger partial charge < -0.3 is 15.2 Å². The molecular weight excluding hydrogens is 345 g/mol. The number of hydrogen-bond acceptors (Lipinski definition) is 3. The highest BCUT2D eigenvalue weighted by Gasteiger charge is 2.28. The predicted molar refractivity (Wildman–Crippen MR) is 100.0 cm³/mol. The number of nitrogens with one attached hydrogen (secondary N) is 1. The van der Waals surface area contributed by atoms with Crippen molar-refractivity contribution in [2.24, 2.45) is 0 Å². The van der Waals surface area contributed by atoms with E-state index >= 15 is 0 Å². The van der Waals surface area contributed by atoms with Gasteiger partial charge in [0.15, 0.2) is 11.6 Å².